The van der Waals surface area contributed by atoms with Gasteiger partial charge in [-0.05, 0) is 49.8 Å². The quantitative estimate of drug-likeness (QED) is 0.749. The van der Waals surface area contributed by atoms with Crippen molar-refractivity contribution in [1.29, 1.82) is 0 Å². The lowest BCUT2D eigenvalue weighted by Crippen LogP contribution is -2.24. The largest absolute Gasteiger partial charge is 0.481 e. The Morgan fingerprint density at radius 2 is 2.15 bits per heavy atom. The van der Waals surface area contributed by atoms with E-state index in [-0.39, 0.29) is 5.92 Å². The maximum atomic E-state index is 11.4. The minimum absolute atomic E-state index is 0.327. The predicted molar refractivity (Wildman–Crippen MR) is 105 cm³/mol. The van der Waals surface area contributed by atoms with Gasteiger partial charge in [0.2, 0.25) is 0 Å². The van der Waals surface area contributed by atoms with Gasteiger partial charge in [0.25, 0.3) is 0 Å². The number of aromatic nitrogens is 3. The molecule has 1 unspecified atom stereocenters. The molecule has 0 saturated carbocycles. The van der Waals surface area contributed by atoms with Crippen molar-refractivity contribution in [3.05, 3.63) is 35.0 Å². The molecule has 138 valence electrons. The van der Waals surface area contributed by atoms with Crippen LogP contribution in [0.2, 0.25) is 0 Å². The van der Waals surface area contributed by atoms with Crippen molar-refractivity contribution in [2.45, 2.75) is 32.1 Å². The number of pyridine rings is 1. The standard InChI is InChI=1S/C20H20N4O2S/c25-20(26)13-7-9-24(11-13)18-16-14-5-1-2-6-15(14)27-19(16)23-17(22-18)12-4-3-8-21-10-12/h3-4,8,10,13H,1-2,5-7,9,11H2,(H,25,26). The summed E-state index contributed by atoms with van der Waals surface area (Å²) in [5, 5.41) is 10.6. The Morgan fingerprint density at radius 1 is 1.26 bits per heavy atom. The topological polar surface area (TPSA) is 79.2 Å². The fourth-order valence-corrected chi connectivity index (χ4v) is 5.40. The molecule has 1 saturated heterocycles. The van der Waals surface area contributed by atoms with E-state index in [9.17, 15) is 9.90 Å². The van der Waals surface area contributed by atoms with Crippen molar-refractivity contribution in [3.63, 3.8) is 0 Å². The average molecular weight is 380 g/mol. The van der Waals surface area contributed by atoms with E-state index in [1.165, 1.54) is 23.3 Å². The Kier molecular flexibility index (Phi) is 4.04. The highest BCUT2D eigenvalue weighted by Gasteiger charge is 2.32. The molecule has 1 atom stereocenters. The molecular weight excluding hydrogens is 360 g/mol. The minimum atomic E-state index is -0.720. The van der Waals surface area contributed by atoms with Gasteiger partial charge in [0.1, 0.15) is 10.6 Å². The van der Waals surface area contributed by atoms with Crippen LogP contribution in [0.5, 0.6) is 0 Å². The van der Waals surface area contributed by atoms with Gasteiger partial charge in [-0.25, -0.2) is 9.97 Å². The van der Waals surface area contributed by atoms with Gasteiger partial charge in [-0.3, -0.25) is 9.78 Å². The monoisotopic (exact) mass is 380 g/mol. The number of carboxylic acid groups (broad SMARTS) is 1. The molecule has 27 heavy (non-hydrogen) atoms. The van der Waals surface area contributed by atoms with Crippen LogP contribution in [0.4, 0.5) is 5.82 Å². The summed E-state index contributed by atoms with van der Waals surface area (Å²) in [6.45, 7) is 1.23. The van der Waals surface area contributed by atoms with E-state index >= 15 is 0 Å². The van der Waals surface area contributed by atoms with Gasteiger partial charge in [0, 0.05) is 35.9 Å². The first kappa shape index (κ1) is 16.6. The van der Waals surface area contributed by atoms with Crippen LogP contribution in [0.1, 0.15) is 29.7 Å². The second-order valence-corrected chi connectivity index (χ2v) is 8.36. The van der Waals surface area contributed by atoms with Gasteiger partial charge >= 0.3 is 5.97 Å². The van der Waals surface area contributed by atoms with Crippen LogP contribution < -0.4 is 4.90 Å². The Hall–Kier alpha value is -2.54. The normalized spacial score (nSPS) is 19.4. The Balaban J connectivity index is 1.69. The maximum absolute atomic E-state index is 11.4. The van der Waals surface area contributed by atoms with Crippen LogP contribution in [-0.4, -0.2) is 39.1 Å². The van der Waals surface area contributed by atoms with Gasteiger partial charge < -0.3 is 10.0 Å². The van der Waals surface area contributed by atoms with Gasteiger partial charge in [0.15, 0.2) is 5.82 Å². The second kappa shape index (κ2) is 6.56. The summed E-state index contributed by atoms with van der Waals surface area (Å²) in [7, 11) is 0. The molecule has 0 radical (unpaired) electrons. The summed E-state index contributed by atoms with van der Waals surface area (Å²) in [6.07, 6.45) is 8.77. The number of carbonyl (C=O) groups is 1. The number of aryl methyl sites for hydroxylation is 2. The molecule has 6 nitrogen and oxygen atoms in total. The molecule has 0 spiro atoms. The van der Waals surface area contributed by atoms with E-state index in [1.807, 2.05) is 12.1 Å². The third kappa shape index (κ3) is 2.86. The lowest BCUT2D eigenvalue weighted by atomic mass is 9.97. The predicted octanol–water partition coefficient (Wildman–Crippen LogP) is 3.54. The van der Waals surface area contributed by atoms with Crippen molar-refractivity contribution >= 4 is 33.3 Å². The third-order valence-corrected chi connectivity index (χ3v) is 6.74. The first-order valence-electron chi connectivity index (χ1n) is 9.41. The molecule has 1 N–H and O–H groups in total. The van der Waals surface area contributed by atoms with E-state index in [0.717, 1.165) is 41.0 Å². The van der Waals surface area contributed by atoms with E-state index in [0.29, 0.717) is 18.8 Å². The number of rotatable bonds is 3. The number of thiophene rings is 1. The van der Waals surface area contributed by atoms with E-state index < -0.39 is 5.97 Å². The van der Waals surface area contributed by atoms with Crippen LogP contribution in [0.3, 0.4) is 0 Å². The fourth-order valence-electron chi connectivity index (χ4n) is 4.15. The van der Waals surface area contributed by atoms with Crippen LogP contribution >= 0.6 is 11.3 Å². The second-order valence-electron chi connectivity index (χ2n) is 7.27. The number of carboxylic acids is 1. The average Bonchev–Trinajstić information content (AvgIpc) is 3.33. The van der Waals surface area contributed by atoms with Crippen LogP contribution in [0, 0.1) is 5.92 Å². The van der Waals surface area contributed by atoms with Crippen molar-refractivity contribution < 1.29 is 9.90 Å². The smallest absolute Gasteiger partial charge is 0.308 e. The SMILES string of the molecule is O=C(O)C1CCN(c2nc(-c3cccnc3)nc3sc4c(c23)CCCC4)C1. The van der Waals surface area contributed by atoms with Crippen LogP contribution in [0.15, 0.2) is 24.5 Å². The summed E-state index contributed by atoms with van der Waals surface area (Å²) in [4.78, 5) is 30.0. The summed E-state index contributed by atoms with van der Waals surface area (Å²) in [5.74, 6) is 0.527. The number of nitrogens with zero attached hydrogens (tertiary/aromatic N) is 4. The molecule has 0 amide bonds. The Labute approximate surface area is 160 Å². The maximum Gasteiger partial charge on any atom is 0.308 e. The lowest BCUT2D eigenvalue weighted by molar-refractivity contribution is -0.140. The summed E-state index contributed by atoms with van der Waals surface area (Å²) >= 11 is 1.77. The van der Waals surface area contributed by atoms with Gasteiger partial charge in [0.05, 0.1) is 11.3 Å². The molecular formula is C20H20N4O2S. The first-order chi connectivity index (χ1) is 13.2. The van der Waals surface area contributed by atoms with Crippen LogP contribution in [-0.2, 0) is 17.6 Å². The van der Waals surface area contributed by atoms with E-state index in [1.54, 1.807) is 23.7 Å². The highest BCUT2D eigenvalue weighted by molar-refractivity contribution is 7.19. The molecule has 3 aromatic heterocycles. The molecule has 1 aliphatic heterocycles. The zero-order chi connectivity index (χ0) is 18.4. The number of hydrogen-bond acceptors (Lipinski definition) is 6. The summed E-state index contributed by atoms with van der Waals surface area (Å²) < 4.78 is 0. The van der Waals surface area contributed by atoms with Gasteiger partial charge in [-0.1, -0.05) is 0 Å². The molecule has 2 aliphatic rings. The highest BCUT2D eigenvalue weighted by atomic mass is 32.1. The van der Waals surface area contributed by atoms with E-state index in [2.05, 4.69) is 9.88 Å². The zero-order valence-electron chi connectivity index (χ0n) is 14.9. The molecule has 7 heteroatoms. The molecule has 4 heterocycles. The lowest BCUT2D eigenvalue weighted by Gasteiger charge is -2.20. The van der Waals surface area contributed by atoms with Crippen molar-refractivity contribution in [2.24, 2.45) is 5.92 Å². The molecule has 1 aliphatic carbocycles. The molecule has 3 aromatic rings. The number of anilines is 1. The number of aliphatic carboxylic acids is 1. The minimum Gasteiger partial charge on any atom is -0.481 e. The number of fused-ring (bicyclic) bond motifs is 3. The molecule has 0 bridgehead atoms. The molecule has 5 rings (SSSR count). The van der Waals surface area contributed by atoms with E-state index in [4.69, 9.17) is 9.97 Å². The van der Waals surface area contributed by atoms with Crippen LogP contribution in [0.25, 0.3) is 21.6 Å². The van der Waals surface area contributed by atoms with Gasteiger partial charge in [-0.2, -0.15) is 0 Å². The first-order valence-corrected chi connectivity index (χ1v) is 10.2. The Morgan fingerprint density at radius 3 is 2.93 bits per heavy atom. The van der Waals surface area contributed by atoms with Crippen molar-refractivity contribution in [3.8, 4) is 11.4 Å². The number of hydrogen-bond donors (Lipinski definition) is 1. The zero-order valence-corrected chi connectivity index (χ0v) is 15.7. The van der Waals surface area contributed by atoms with Gasteiger partial charge in [-0.15, -0.1) is 11.3 Å². The van der Waals surface area contributed by atoms with Crippen molar-refractivity contribution in [1.82, 2.24) is 15.0 Å². The highest BCUT2D eigenvalue weighted by Crippen LogP contribution is 2.41. The fraction of sp³-hybridized carbons (Fsp3) is 0.400. The van der Waals surface area contributed by atoms with Crippen molar-refractivity contribution in [2.75, 3.05) is 18.0 Å². The molecule has 0 aromatic carbocycles. The summed E-state index contributed by atoms with van der Waals surface area (Å²) in [5.41, 5.74) is 2.27. The summed E-state index contributed by atoms with van der Waals surface area (Å²) in [6, 6.07) is 3.85. The Bertz CT molecular complexity index is 1020. The molecule has 1 fully saturated rings. The third-order valence-electron chi connectivity index (χ3n) is 5.55.